The van der Waals surface area contributed by atoms with Gasteiger partial charge in [0, 0.05) is 6.07 Å². The highest BCUT2D eigenvalue weighted by atomic mass is 16.6. The van der Waals surface area contributed by atoms with Gasteiger partial charge in [-0.1, -0.05) is 0 Å². The van der Waals surface area contributed by atoms with E-state index in [-0.39, 0.29) is 11.4 Å². The van der Waals surface area contributed by atoms with Crippen molar-refractivity contribution in [1.82, 2.24) is 0 Å². The van der Waals surface area contributed by atoms with Gasteiger partial charge in [0.1, 0.15) is 11.2 Å². The molecule has 1 aromatic rings. The average molecular weight is 261 g/mol. The summed E-state index contributed by atoms with van der Waals surface area (Å²) in [6.07, 6.45) is 1.06. The number of nitro groups is 1. The maximum Gasteiger partial charge on any atom is 0.273 e. The third kappa shape index (κ3) is 2.33. The van der Waals surface area contributed by atoms with E-state index in [9.17, 15) is 14.9 Å². The van der Waals surface area contributed by atoms with Crippen molar-refractivity contribution in [2.24, 2.45) is 5.41 Å². The first-order valence-electron chi connectivity index (χ1n) is 5.57. The fraction of sp³-hybridized carbons (Fsp3) is 0.333. The lowest BCUT2D eigenvalue weighted by Crippen LogP contribution is -2.23. The second-order valence-electron chi connectivity index (χ2n) is 4.29. The fourth-order valence-electron chi connectivity index (χ4n) is 1.65. The first kappa shape index (κ1) is 12.8. The van der Waals surface area contributed by atoms with Gasteiger partial charge in [0.15, 0.2) is 0 Å². The van der Waals surface area contributed by atoms with Gasteiger partial charge in [-0.25, -0.2) is 0 Å². The highest BCUT2D eigenvalue weighted by Crippen LogP contribution is 2.46. The van der Waals surface area contributed by atoms with Gasteiger partial charge < -0.3 is 10.1 Å². The lowest BCUT2D eigenvalue weighted by molar-refractivity contribution is -0.384. The van der Waals surface area contributed by atoms with Gasteiger partial charge >= 0.3 is 0 Å². The topological polar surface area (TPSA) is 105 Å². The molecule has 1 aliphatic rings. The van der Waals surface area contributed by atoms with E-state index >= 15 is 0 Å². The van der Waals surface area contributed by atoms with E-state index in [0.29, 0.717) is 18.5 Å². The molecule has 2 rings (SSSR count). The van der Waals surface area contributed by atoms with Crippen molar-refractivity contribution in [2.45, 2.75) is 12.8 Å². The molecule has 0 heterocycles. The molecule has 0 aliphatic heterocycles. The number of ether oxygens (including phenoxy) is 1. The highest BCUT2D eigenvalue weighted by Gasteiger charge is 2.50. The van der Waals surface area contributed by atoms with Gasteiger partial charge in [-0.3, -0.25) is 14.9 Å². The van der Waals surface area contributed by atoms with E-state index in [0.717, 1.165) is 0 Å². The molecule has 0 unspecified atom stereocenters. The molecule has 1 saturated carbocycles. The second-order valence-corrected chi connectivity index (χ2v) is 4.29. The summed E-state index contributed by atoms with van der Waals surface area (Å²) >= 11 is 0. The summed E-state index contributed by atoms with van der Waals surface area (Å²) in [6.45, 7) is 0. The number of carbonyl (C=O) groups excluding carboxylic acids is 1. The number of nitro benzene ring substituents is 1. The van der Waals surface area contributed by atoms with E-state index in [2.05, 4.69) is 5.32 Å². The van der Waals surface area contributed by atoms with Crippen LogP contribution in [-0.2, 0) is 4.79 Å². The van der Waals surface area contributed by atoms with Crippen LogP contribution in [0.15, 0.2) is 18.2 Å². The zero-order valence-corrected chi connectivity index (χ0v) is 10.2. The molecule has 1 aromatic carbocycles. The number of carbonyl (C=O) groups is 1. The Morgan fingerprint density at radius 1 is 1.58 bits per heavy atom. The number of non-ortho nitro benzene ring substituents is 1. The normalized spacial score (nSPS) is 15.2. The Kier molecular flexibility index (Phi) is 3.09. The number of rotatable bonds is 4. The lowest BCUT2D eigenvalue weighted by Gasteiger charge is -2.11. The predicted molar refractivity (Wildman–Crippen MR) is 65.6 cm³/mol. The third-order valence-corrected chi connectivity index (χ3v) is 3.04. The number of benzene rings is 1. The van der Waals surface area contributed by atoms with Crippen LogP contribution in [0.2, 0.25) is 0 Å². The molecule has 1 aliphatic carbocycles. The summed E-state index contributed by atoms with van der Waals surface area (Å²) in [5.41, 5.74) is -0.761. The van der Waals surface area contributed by atoms with Crippen LogP contribution >= 0.6 is 0 Å². The number of methoxy groups -OCH3 is 1. The van der Waals surface area contributed by atoms with Crippen LogP contribution in [0.4, 0.5) is 11.4 Å². The van der Waals surface area contributed by atoms with Crippen LogP contribution in [0.3, 0.4) is 0 Å². The third-order valence-electron chi connectivity index (χ3n) is 3.04. The smallest absolute Gasteiger partial charge is 0.273 e. The summed E-state index contributed by atoms with van der Waals surface area (Å²) in [6, 6.07) is 5.86. The SMILES string of the molecule is COc1cc([N+](=O)[O-])ccc1NC(=O)C1(C#N)CC1. The van der Waals surface area contributed by atoms with Crippen molar-refractivity contribution >= 4 is 17.3 Å². The van der Waals surface area contributed by atoms with Crippen molar-refractivity contribution < 1.29 is 14.5 Å². The summed E-state index contributed by atoms with van der Waals surface area (Å²) < 4.78 is 5.00. The molecule has 1 fully saturated rings. The Labute approximate surface area is 108 Å². The minimum absolute atomic E-state index is 0.128. The molecule has 0 aromatic heterocycles. The highest BCUT2D eigenvalue weighted by molar-refractivity contribution is 6.00. The summed E-state index contributed by atoms with van der Waals surface area (Å²) in [5, 5.41) is 22.1. The lowest BCUT2D eigenvalue weighted by atomic mass is 10.1. The number of amides is 1. The van der Waals surface area contributed by atoms with Gasteiger partial charge in [-0.2, -0.15) is 5.26 Å². The summed E-state index contributed by atoms with van der Waals surface area (Å²) in [4.78, 5) is 22.0. The molecule has 7 heteroatoms. The van der Waals surface area contributed by atoms with Crippen molar-refractivity contribution in [3.05, 3.63) is 28.3 Å². The standard InChI is InChI=1S/C12H11N3O4/c1-19-10-6-8(15(17)18)2-3-9(10)14-11(16)12(7-13)4-5-12/h2-3,6H,4-5H2,1H3,(H,14,16). The molecule has 1 N–H and O–H groups in total. The Hall–Kier alpha value is -2.62. The van der Waals surface area contributed by atoms with Crippen molar-refractivity contribution in [1.29, 1.82) is 5.26 Å². The molecular formula is C12H11N3O4. The van der Waals surface area contributed by atoms with E-state index in [4.69, 9.17) is 10.00 Å². The Balaban J connectivity index is 2.24. The van der Waals surface area contributed by atoms with E-state index in [1.54, 1.807) is 0 Å². The number of nitrogens with one attached hydrogen (secondary N) is 1. The van der Waals surface area contributed by atoms with Crippen LogP contribution in [0.25, 0.3) is 0 Å². The number of anilines is 1. The van der Waals surface area contributed by atoms with Gasteiger partial charge in [-0.15, -0.1) is 0 Å². The molecule has 0 atom stereocenters. The zero-order valence-electron chi connectivity index (χ0n) is 10.2. The van der Waals surface area contributed by atoms with Gasteiger partial charge in [-0.05, 0) is 18.9 Å². The Bertz CT molecular complexity index is 587. The average Bonchev–Trinajstić information content (AvgIpc) is 3.19. The Morgan fingerprint density at radius 2 is 2.26 bits per heavy atom. The zero-order chi connectivity index (χ0) is 14.0. The molecule has 98 valence electrons. The van der Waals surface area contributed by atoms with E-state index in [1.165, 1.54) is 25.3 Å². The molecule has 0 spiro atoms. The molecule has 0 radical (unpaired) electrons. The van der Waals surface area contributed by atoms with Crippen LogP contribution in [-0.4, -0.2) is 17.9 Å². The fourth-order valence-corrected chi connectivity index (χ4v) is 1.65. The Morgan fingerprint density at radius 3 is 2.74 bits per heavy atom. The monoisotopic (exact) mass is 261 g/mol. The van der Waals surface area contributed by atoms with Crippen LogP contribution in [0.1, 0.15) is 12.8 Å². The minimum atomic E-state index is -0.952. The first-order valence-corrected chi connectivity index (χ1v) is 5.57. The molecule has 7 nitrogen and oxygen atoms in total. The number of hydrogen-bond acceptors (Lipinski definition) is 5. The molecule has 0 saturated heterocycles. The summed E-state index contributed by atoms with van der Waals surface area (Å²) in [5.74, 6) is -0.210. The van der Waals surface area contributed by atoms with Crippen LogP contribution in [0.5, 0.6) is 5.75 Å². The maximum atomic E-state index is 11.9. The number of nitrogens with zero attached hydrogens (tertiary/aromatic N) is 2. The first-order chi connectivity index (χ1) is 9.02. The van der Waals surface area contributed by atoms with Crippen molar-refractivity contribution in [3.63, 3.8) is 0 Å². The maximum absolute atomic E-state index is 11.9. The van der Waals surface area contributed by atoms with Crippen LogP contribution in [0, 0.1) is 26.9 Å². The number of hydrogen-bond donors (Lipinski definition) is 1. The quantitative estimate of drug-likeness (QED) is 0.657. The molecular weight excluding hydrogens is 250 g/mol. The summed E-state index contributed by atoms with van der Waals surface area (Å²) in [7, 11) is 1.35. The van der Waals surface area contributed by atoms with Gasteiger partial charge in [0.05, 0.1) is 29.9 Å². The molecule has 19 heavy (non-hydrogen) atoms. The predicted octanol–water partition coefficient (Wildman–Crippen LogP) is 1.85. The largest absolute Gasteiger partial charge is 0.494 e. The van der Waals surface area contributed by atoms with E-state index in [1.807, 2.05) is 6.07 Å². The number of nitriles is 1. The van der Waals surface area contributed by atoms with Gasteiger partial charge in [0.25, 0.3) is 5.69 Å². The van der Waals surface area contributed by atoms with Crippen molar-refractivity contribution in [2.75, 3.05) is 12.4 Å². The van der Waals surface area contributed by atoms with Gasteiger partial charge in [0.2, 0.25) is 5.91 Å². The van der Waals surface area contributed by atoms with Crippen LogP contribution < -0.4 is 10.1 Å². The molecule has 1 amide bonds. The second kappa shape index (κ2) is 4.57. The van der Waals surface area contributed by atoms with Crippen molar-refractivity contribution in [3.8, 4) is 11.8 Å². The molecule has 0 bridgehead atoms. The minimum Gasteiger partial charge on any atom is -0.494 e. The van der Waals surface area contributed by atoms with E-state index < -0.39 is 16.2 Å².